The van der Waals surface area contributed by atoms with E-state index in [-0.39, 0.29) is 18.2 Å². The van der Waals surface area contributed by atoms with Gasteiger partial charge in [0, 0.05) is 17.6 Å². The Bertz CT molecular complexity index is 936. The molecule has 0 radical (unpaired) electrons. The standard InChI is InChI=1S/C20H19N3O3/c24-19(13-16-15-9-4-5-11-18(15)26-22-16)23-12-6-10-17(23)20(25)21-14-7-2-1-3-8-14/h1-5,7-9,11,17H,6,10,12-13H2,(H,21,25)/t17-/m1/s1. The van der Waals surface area contributed by atoms with Gasteiger partial charge in [-0.25, -0.2) is 0 Å². The number of benzene rings is 2. The van der Waals surface area contributed by atoms with Crippen LogP contribution in [0.15, 0.2) is 59.1 Å². The van der Waals surface area contributed by atoms with Crippen molar-refractivity contribution < 1.29 is 14.1 Å². The number of nitrogens with zero attached hydrogens (tertiary/aromatic N) is 2. The summed E-state index contributed by atoms with van der Waals surface area (Å²) in [5.74, 6) is -0.248. The Morgan fingerprint density at radius 3 is 2.73 bits per heavy atom. The Morgan fingerprint density at radius 2 is 1.88 bits per heavy atom. The second kappa shape index (κ2) is 7.00. The van der Waals surface area contributed by atoms with Crippen molar-refractivity contribution in [3.63, 3.8) is 0 Å². The van der Waals surface area contributed by atoms with E-state index in [0.29, 0.717) is 24.2 Å². The Morgan fingerprint density at radius 1 is 1.12 bits per heavy atom. The minimum absolute atomic E-state index is 0.102. The minimum atomic E-state index is -0.444. The molecule has 1 saturated heterocycles. The van der Waals surface area contributed by atoms with Crippen molar-refractivity contribution >= 4 is 28.5 Å². The van der Waals surface area contributed by atoms with Crippen LogP contribution in [0.2, 0.25) is 0 Å². The van der Waals surface area contributed by atoms with E-state index in [1.165, 1.54) is 0 Å². The maximum absolute atomic E-state index is 12.8. The summed E-state index contributed by atoms with van der Waals surface area (Å²) >= 11 is 0. The van der Waals surface area contributed by atoms with Crippen molar-refractivity contribution in [1.29, 1.82) is 0 Å². The van der Waals surface area contributed by atoms with Gasteiger partial charge in [0.25, 0.3) is 0 Å². The van der Waals surface area contributed by atoms with Crippen LogP contribution in [0.25, 0.3) is 11.0 Å². The summed E-state index contributed by atoms with van der Waals surface area (Å²) in [5, 5.41) is 7.75. The zero-order valence-electron chi connectivity index (χ0n) is 14.2. The molecule has 0 bridgehead atoms. The maximum Gasteiger partial charge on any atom is 0.247 e. The number of fused-ring (bicyclic) bond motifs is 1. The van der Waals surface area contributed by atoms with Gasteiger partial charge in [-0.15, -0.1) is 0 Å². The third-order valence-corrected chi connectivity index (χ3v) is 4.69. The number of nitrogens with one attached hydrogen (secondary N) is 1. The zero-order valence-corrected chi connectivity index (χ0v) is 14.2. The highest BCUT2D eigenvalue weighted by molar-refractivity contribution is 5.98. The molecule has 1 aliphatic rings. The predicted molar refractivity (Wildman–Crippen MR) is 97.5 cm³/mol. The van der Waals surface area contributed by atoms with Crippen molar-refractivity contribution in [3.8, 4) is 0 Å². The van der Waals surface area contributed by atoms with Gasteiger partial charge >= 0.3 is 0 Å². The fourth-order valence-electron chi connectivity index (χ4n) is 3.40. The van der Waals surface area contributed by atoms with Gasteiger partial charge in [0.05, 0.1) is 6.42 Å². The summed E-state index contributed by atoms with van der Waals surface area (Å²) in [6.45, 7) is 0.585. The summed E-state index contributed by atoms with van der Waals surface area (Å²) in [5.41, 5.74) is 2.01. The number of aromatic nitrogens is 1. The molecule has 6 nitrogen and oxygen atoms in total. The first-order chi connectivity index (χ1) is 12.7. The number of para-hydroxylation sites is 2. The summed E-state index contributed by atoms with van der Waals surface area (Å²) in [7, 11) is 0. The molecule has 0 saturated carbocycles. The molecule has 26 heavy (non-hydrogen) atoms. The Kier molecular flexibility index (Phi) is 4.39. The molecular weight excluding hydrogens is 330 g/mol. The van der Waals surface area contributed by atoms with E-state index in [0.717, 1.165) is 17.5 Å². The van der Waals surface area contributed by atoms with E-state index in [4.69, 9.17) is 4.52 Å². The largest absolute Gasteiger partial charge is 0.356 e. The first kappa shape index (κ1) is 16.3. The van der Waals surface area contributed by atoms with Gasteiger partial charge in [-0.2, -0.15) is 0 Å². The SMILES string of the molecule is O=C(Nc1ccccc1)[C@H]1CCCN1C(=O)Cc1noc2ccccc12. The smallest absolute Gasteiger partial charge is 0.247 e. The van der Waals surface area contributed by atoms with Crippen molar-refractivity contribution in [2.45, 2.75) is 25.3 Å². The van der Waals surface area contributed by atoms with Crippen LogP contribution >= 0.6 is 0 Å². The normalized spacial score (nSPS) is 16.8. The molecule has 2 heterocycles. The van der Waals surface area contributed by atoms with Crippen molar-refractivity contribution in [3.05, 3.63) is 60.3 Å². The molecule has 1 atom stereocenters. The quantitative estimate of drug-likeness (QED) is 0.786. The predicted octanol–water partition coefficient (Wildman–Crippen LogP) is 3.00. The molecule has 6 heteroatoms. The molecule has 1 aliphatic heterocycles. The lowest BCUT2D eigenvalue weighted by molar-refractivity contribution is -0.136. The third-order valence-electron chi connectivity index (χ3n) is 4.69. The number of hydrogen-bond donors (Lipinski definition) is 1. The van der Waals surface area contributed by atoms with E-state index in [1.54, 1.807) is 4.90 Å². The number of anilines is 1. The van der Waals surface area contributed by atoms with Crippen LogP contribution in [0.5, 0.6) is 0 Å². The molecule has 0 unspecified atom stereocenters. The molecule has 1 aromatic heterocycles. The van der Waals surface area contributed by atoms with E-state index in [1.807, 2.05) is 54.6 Å². The first-order valence-corrected chi connectivity index (χ1v) is 8.71. The van der Waals surface area contributed by atoms with Crippen molar-refractivity contribution in [2.24, 2.45) is 0 Å². The zero-order chi connectivity index (χ0) is 17.9. The van der Waals surface area contributed by atoms with Gasteiger partial charge in [-0.05, 0) is 37.1 Å². The molecule has 1 fully saturated rings. The van der Waals surface area contributed by atoms with Gasteiger partial charge in [-0.1, -0.05) is 35.5 Å². The Hall–Kier alpha value is -3.15. The maximum atomic E-state index is 12.8. The second-order valence-corrected chi connectivity index (χ2v) is 6.40. The minimum Gasteiger partial charge on any atom is -0.356 e. The molecule has 0 spiro atoms. The molecule has 2 aromatic carbocycles. The van der Waals surface area contributed by atoms with E-state index in [2.05, 4.69) is 10.5 Å². The third kappa shape index (κ3) is 3.18. The average molecular weight is 349 g/mol. The van der Waals surface area contributed by atoms with Gasteiger partial charge in [0.2, 0.25) is 11.8 Å². The first-order valence-electron chi connectivity index (χ1n) is 8.71. The summed E-state index contributed by atoms with van der Waals surface area (Å²) in [6, 6.07) is 16.3. The van der Waals surface area contributed by atoms with Crippen LogP contribution in [0.1, 0.15) is 18.5 Å². The van der Waals surface area contributed by atoms with Crippen LogP contribution in [0, 0.1) is 0 Å². The second-order valence-electron chi connectivity index (χ2n) is 6.40. The van der Waals surface area contributed by atoms with Gasteiger partial charge in [0.1, 0.15) is 11.7 Å². The molecule has 0 aliphatic carbocycles. The lowest BCUT2D eigenvalue weighted by Gasteiger charge is -2.23. The highest BCUT2D eigenvalue weighted by atomic mass is 16.5. The summed E-state index contributed by atoms with van der Waals surface area (Å²) < 4.78 is 5.27. The average Bonchev–Trinajstić information content (AvgIpc) is 3.30. The summed E-state index contributed by atoms with van der Waals surface area (Å²) in [4.78, 5) is 27.0. The number of carbonyl (C=O) groups is 2. The van der Waals surface area contributed by atoms with Crippen LogP contribution in [-0.4, -0.2) is 34.5 Å². The molecule has 132 valence electrons. The lowest BCUT2D eigenvalue weighted by atomic mass is 10.1. The molecular formula is C20H19N3O3. The van der Waals surface area contributed by atoms with E-state index < -0.39 is 6.04 Å². The van der Waals surface area contributed by atoms with Gasteiger partial charge in [0.15, 0.2) is 5.58 Å². The number of hydrogen-bond acceptors (Lipinski definition) is 4. The van der Waals surface area contributed by atoms with Crippen LogP contribution < -0.4 is 5.32 Å². The number of likely N-dealkylation sites (tertiary alicyclic amines) is 1. The number of carbonyl (C=O) groups excluding carboxylic acids is 2. The van der Waals surface area contributed by atoms with Gasteiger partial charge in [-0.3, -0.25) is 9.59 Å². The fraction of sp³-hybridized carbons (Fsp3) is 0.250. The van der Waals surface area contributed by atoms with E-state index >= 15 is 0 Å². The fourth-order valence-corrected chi connectivity index (χ4v) is 3.40. The van der Waals surface area contributed by atoms with Crippen LogP contribution in [0.3, 0.4) is 0 Å². The molecule has 2 amide bonds. The Labute approximate surface area is 150 Å². The van der Waals surface area contributed by atoms with Gasteiger partial charge < -0.3 is 14.7 Å². The molecule has 3 aromatic rings. The van der Waals surface area contributed by atoms with Crippen molar-refractivity contribution in [2.75, 3.05) is 11.9 Å². The monoisotopic (exact) mass is 349 g/mol. The Balaban J connectivity index is 1.47. The molecule has 1 N–H and O–H groups in total. The van der Waals surface area contributed by atoms with Crippen molar-refractivity contribution in [1.82, 2.24) is 10.1 Å². The number of rotatable bonds is 4. The topological polar surface area (TPSA) is 75.4 Å². The lowest BCUT2D eigenvalue weighted by Crippen LogP contribution is -2.43. The van der Waals surface area contributed by atoms with Crippen LogP contribution in [-0.2, 0) is 16.0 Å². The highest BCUT2D eigenvalue weighted by Gasteiger charge is 2.34. The summed E-state index contributed by atoms with van der Waals surface area (Å²) in [6.07, 6.45) is 1.62. The van der Waals surface area contributed by atoms with Crippen LogP contribution in [0.4, 0.5) is 5.69 Å². The molecule has 4 rings (SSSR count). The number of amides is 2. The van der Waals surface area contributed by atoms with E-state index in [9.17, 15) is 9.59 Å². The highest BCUT2D eigenvalue weighted by Crippen LogP contribution is 2.23.